The SMILES string of the molecule is CC(C)=CCn1c(N2CCCC(N)C2)nc2c1c(=O)n(CC(=O)C(C)(C)C)c(=O)n2C. The molecule has 0 saturated carbocycles. The molecule has 170 valence electrons. The van der Waals surface area contributed by atoms with Crippen molar-refractivity contribution in [2.45, 2.75) is 66.6 Å². The zero-order chi connectivity index (χ0) is 23.1. The van der Waals surface area contributed by atoms with Crippen LogP contribution in [0.4, 0.5) is 5.95 Å². The number of nitrogens with two attached hydrogens (primary N) is 1. The molecule has 0 bridgehead atoms. The first kappa shape index (κ1) is 23.0. The van der Waals surface area contributed by atoms with Crippen LogP contribution < -0.4 is 21.9 Å². The number of carbonyl (C=O) groups is 1. The predicted molar refractivity (Wildman–Crippen MR) is 123 cm³/mol. The number of carbonyl (C=O) groups excluding carboxylic acids is 1. The summed E-state index contributed by atoms with van der Waals surface area (Å²) in [6.45, 7) is 10.9. The van der Waals surface area contributed by atoms with Gasteiger partial charge in [0, 0.05) is 38.1 Å². The van der Waals surface area contributed by atoms with E-state index in [1.165, 1.54) is 4.57 Å². The number of aryl methyl sites for hydroxylation is 1. The van der Waals surface area contributed by atoms with Gasteiger partial charge in [-0.3, -0.25) is 18.7 Å². The summed E-state index contributed by atoms with van der Waals surface area (Å²) in [5.74, 6) is 0.457. The Bertz CT molecular complexity index is 1140. The van der Waals surface area contributed by atoms with E-state index < -0.39 is 16.7 Å². The average molecular weight is 431 g/mol. The molecule has 3 heterocycles. The third-order valence-corrected chi connectivity index (χ3v) is 5.77. The first-order chi connectivity index (χ1) is 14.4. The Hall–Kier alpha value is -2.68. The number of rotatable bonds is 5. The topological polar surface area (TPSA) is 108 Å². The zero-order valence-electron chi connectivity index (χ0n) is 19.4. The third-order valence-electron chi connectivity index (χ3n) is 5.77. The highest BCUT2D eigenvalue weighted by Gasteiger charge is 2.28. The molecule has 1 aliphatic heterocycles. The van der Waals surface area contributed by atoms with Crippen LogP contribution >= 0.6 is 0 Å². The van der Waals surface area contributed by atoms with Crippen LogP contribution in [0.25, 0.3) is 11.2 Å². The van der Waals surface area contributed by atoms with Gasteiger partial charge in [-0.2, -0.15) is 4.98 Å². The van der Waals surface area contributed by atoms with Gasteiger partial charge >= 0.3 is 5.69 Å². The van der Waals surface area contributed by atoms with Crippen LogP contribution in [0.2, 0.25) is 0 Å². The molecule has 1 saturated heterocycles. The van der Waals surface area contributed by atoms with Crippen molar-refractivity contribution in [3.8, 4) is 0 Å². The van der Waals surface area contributed by atoms with Crippen molar-refractivity contribution in [3.05, 3.63) is 32.5 Å². The van der Waals surface area contributed by atoms with Crippen LogP contribution in [0.5, 0.6) is 0 Å². The van der Waals surface area contributed by atoms with E-state index >= 15 is 0 Å². The second-order valence-electron chi connectivity index (χ2n) is 9.73. The van der Waals surface area contributed by atoms with Crippen LogP contribution in [0.15, 0.2) is 21.2 Å². The number of anilines is 1. The molecule has 0 aromatic carbocycles. The Kier molecular flexibility index (Phi) is 6.27. The van der Waals surface area contributed by atoms with E-state index in [0.717, 1.165) is 29.5 Å². The van der Waals surface area contributed by atoms with Crippen LogP contribution in [0.3, 0.4) is 0 Å². The summed E-state index contributed by atoms with van der Waals surface area (Å²) in [6.07, 6.45) is 3.91. The van der Waals surface area contributed by atoms with E-state index in [2.05, 4.69) is 4.90 Å². The molecule has 9 nitrogen and oxygen atoms in total. The minimum absolute atomic E-state index is 0.0374. The summed E-state index contributed by atoms with van der Waals surface area (Å²) in [7, 11) is 1.59. The van der Waals surface area contributed by atoms with E-state index in [4.69, 9.17) is 10.7 Å². The molecule has 2 aromatic rings. The highest BCUT2D eigenvalue weighted by atomic mass is 16.2. The summed E-state index contributed by atoms with van der Waals surface area (Å²) < 4.78 is 4.24. The van der Waals surface area contributed by atoms with Gasteiger partial charge in [-0.15, -0.1) is 0 Å². The summed E-state index contributed by atoms with van der Waals surface area (Å²) in [6, 6.07) is 0.0374. The zero-order valence-corrected chi connectivity index (χ0v) is 19.4. The molecule has 1 unspecified atom stereocenters. The van der Waals surface area contributed by atoms with Gasteiger partial charge in [0.15, 0.2) is 16.9 Å². The summed E-state index contributed by atoms with van der Waals surface area (Å²) >= 11 is 0. The maximum atomic E-state index is 13.5. The Morgan fingerprint density at radius 2 is 1.90 bits per heavy atom. The van der Waals surface area contributed by atoms with Gasteiger partial charge in [0.05, 0.1) is 6.54 Å². The number of imidazole rings is 1. The maximum Gasteiger partial charge on any atom is 0.332 e. The van der Waals surface area contributed by atoms with Crippen LogP contribution in [0.1, 0.15) is 47.5 Å². The smallest absolute Gasteiger partial charge is 0.332 e. The molecule has 1 aliphatic rings. The standard InChI is InChI=1S/C22H34N6O3/c1-14(2)9-11-27-17-18(24-20(27)26-10-7-8-15(23)12-26)25(6)21(31)28(19(17)30)13-16(29)22(3,4)5/h9,15H,7-8,10-13,23H2,1-6H3. The molecular formula is C22H34N6O3. The number of hydrogen-bond acceptors (Lipinski definition) is 6. The molecule has 0 aliphatic carbocycles. The Morgan fingerprint density at radius 1 is 1.23 bits per heavy atom. The van der Waals surface area contributed by atoms with Crippen molar-refractivity contribution in [1.29, 1.82) is 0 Å². The monoisotopic (exact) mass is 430 g/mol. The van der Waals surface area contributed by atoms with Gasteiger partial charge in [-0.25, -0.2) is 4.79 Å². The number of hydrogen-bond donors (Lipinski definition) is 1. The lowest BCUT2D eigenvalue weighted by Crippen LogP contribution is -2.44. The Balaban J connectivity index is 2.26. The van der Waals surface area contributed by atoms with Gasteiger partial charge in [0.2, 0.25) is 5.95 Å². The normalized spacial score (nSPS) is 17.3. The molecule has 9 heteroatoms. The average Bonchev–Trinajstić information content (AvgIpc) is 3.06. The predicted octanol–water partition coefficient (Wildman–Crippen LogP) is 1.41. The fourth-order valence-electron chi connectivity index (χ4n) is 3.76. The van der Waals surface area contributed by atoms with Crippen molar-refractivity contribution in [1.82, 2.24) is 18.7 Å². The fraction of sp³-hybridized carbons (Fsp3) is 0.636. The van der Waals surface area contributed by atoms with E-state index in [0.29, 0.717) is 30.2 Å². The lowest BCUT2D eigenvalue weighted by Gasteiger charge is -2.31. The van der Waals surface area contributed by atoms with Crippen molar-refractivity contribution < 1.29 is 4.79 Å². The van der Waals surface area contributed by atoms with Crippen molar-refractivity contribution in [2.24, 2.45) is 18.2 Å². The fourth-order valence-corrected chi connectivity index (χ4v) is 3.76. The Morgan fingerprint density at radius 3 is 2.48 bits per heavy atom. The lowest BCUT2D eigenvalue weighted by molar-refractivity contribution is -0.127. The largest absolute Gasteiger partial charge is 0.341 e. The van der Waals surface area contributed by atoms with Gasteiger partial charge in [-0.1, -0.05) is 32.4 Å². The van der Waals surface area contributed by atoms with Crippen LogP contribution in [0, 0.1) is 5.41 Å². The highest BCUT2D eigenvalue weighted by Crippen LogP contribution is 2.23. The van der Waals surface area contributed by atoms with Crippen molar-refractivity contribution in [2.75, 3.05) is 18.0 Å². The molecular weight excluding hydrogens is 396 g/mol. The number of Topliss-reactive ketones (excluding diaryl/α,β-unsaturated/α-hetero) is 1. The van der Waals surface area contributed by atoms with E-state index in [1.807, 2.05) is 24.5 Å². The molecule has 0 radical (unpaired) electrons. The Labute approximate surface area is 182 Å². The highest BCUT2D eigenvalue weighted by molar-refractivity contribution is 5.84. The second-order valence-corrected chi connectivity index (χ2v) is 9.73. The molecule has 1 fully saturated rings. The first-order valence-electron chi connectivity index (χ1n) is 10.8. The van der Waals surface area contributed by atoms with E-state index in [1.54, 1.807) is 27.8 Å². The number of nitrogens with zero attached hydrogens (tertiary/aromatic N) is 5. The van der Waals surface area contributed by atoms with Crippen LogP contribution in [-0.4, -0.2) is 43.6 Å². The van der Waals surface area contributed by atoms with E-state index in [9.17, 15) is 14.4 Å². The van der Waals surface area contributed by atoms with Gasteiger partial charge < -0.3 is 15.2 Å². The van der Waals surface area contributed by atoms with Crippen LogP contribution in [-0.2, 0) is 24.9 Å². The molecule has 1 atom stereocenters. The molecule has 2 aromatic heterocycles. The summed E-state index contributed by atoms with van der Waals surface area (Å²) in [4.78, 5) is 45.8. The molecule has 0 spiro atoms. The van der Waals surface area contributed by atoms with E-state index in [-0.39, 0.29) is 18.4 Å². The van der Waals surface area contributed by atoms with Crippen molar-refractivity contribution in [3.63, 3.8) is 0 Å². The molecule has 2 N–H and O–H groups in total. The van der Waals surface area contributed by atoms with Gasteiger partial charge in [0.1, 0.15) is 0 Å². The molecule has 3 rings (SSSR count). The first-order valence-corrected chi connectivity index (χ1v) is 10.8. The maximum absolute atomic E-state index is 13.5. The number of allylic oxidation sites excluding steroid dienone is 2. The molecule has 0 amide bonds. The number of piperidine rings is 1. The minimum Gasteiger partial charge on any atom is -0.341 e. The second kappa shape index (κ2) is 8.45. The van der Waals surface area contributed by atoms with Crippen molar-refractivity contribution >= 4 is 22.9 Å². The quantitative estimate of drug-likeness (QED) is 0.719. The summed E-state index contributed by atoms with van der Waals surface area (Å²) in [5, 5.41) is 0. The lowest BCUT2D eigenvalue weighted by atomic mass is 9.91. The molecule has 31 heavy (non-hydrogen) atoms. The number of fused-ring (bicyclic) bond motifs is 1. The van der Waals surface area contributed by atoms with Gasteiger partial charge in [0.25, 0.3) is 5.56 Å². The number of ketones is 1. The number of aromatic nitrogens is 4. The van der Waals surface area contributed by atoms with Gasteiger partial charge in [-0.05, 0) is 26.7 Å². The minimum atomic E-state index is -0.656. The summed E-state index contributed by atoms with van der Waals surface area (Å²) in [5.41, 5.74) is 6.26. The third kappa shape index (κ3) is 4.51.